The lowest BCUT2D eigenvalue weighted by molar-refractivity contribution is -0.332. The average Bonchev–Trinajstić information content (AvgIpc) is 3.39. The summed E-state index contributed by atoms with van der Waals surface area (Å²) in [5.41, 5.74) is 0. The van der Waals surface area contributed by atoms with Crippen molar-refractivity contribution in [2.24, 2.45) is 0 Å². The first-order valence-corrected chi connectivity index (χ1v) is 28.9. The highest BCUT2D eigenvalue weighted by Crippen LogP contribution is 2.27. The Kier molecular flexibility index (Phi) is 41.2. The Labute approximate surface area is 445 Å². The van der Waals surface area contributed by atoms with E-state index in [1.165, 1.54) is 70.6 Å². The number of carbonyl (C=O) groups excluding carboxylic acids is 2. The van der Waals surface area contributed by atoms with Crippen LogP contribution in [-0.4, -0.2) is 142 Å². The molecule has 2 heterocycles. The van der Waals surface area contributed by atoms with Crippen LogP contribution in [0.15, 0.2) is 60.8 Å². The molecule has 0 bridgehead atoms. The fraction of sp³-hybridized carbons (Fsp3) is 0.797. The van der Waals surface area contributed by atoms with Crippen molar-refractivity contribution in [3.63, 3.8) is 0 Å². The third-order valence-corrected chi connectivity index (χ3v) is 13.5. The normalized spacial score (nSPS) is 25.1. The Morgan fingerprint density at radius 1 is 0.446 bits per heavy atom. The van der Waals surface area contributed by atoms with Gasteiger partial charge in [0.2, 0.25) is 0 Å². The van der Waals surface area contributed by atoms with Crippen molar-refractivity contribution in [2.75, 3.05) is 26.4 Å². The molecule has 2 rings (SSSR count). The quantitative estimate of drug-likeness (QED) is 0.0171. The first-order valence-electron chi connectivity index (χ1n) is 28.9. The third-order valence-electron chi connectivity index (χ3n) is 13.5. The molecule has 2 saturated heterocycles. The lowest BCUT2D eigenvalue weighted by atomic mass is 9.98. The lowest BCUT2D eigenvalue weighted by Crippen LogP contribution is -2.61. The van der Waals surface area contributed by atoms with E-state index < -0.39 is 92.7 Å². The molecule has 0 saturated carbocycles. The molecule has 0 radical (unpaired) electrons. The van der Waals surface area contributed by atoms with Crippen LogP contribution in [0.3, 0.4) is 0 Å². The fourth-order valence-corrected chi connectivity index (χ4v) is 8.79. The smallest absolute Gasteiger partial charge is 0.306 e. The van der Waals surface area contributed by atoms with E-state index in [9.17, 15) is 45.3 Å². The number of esters is 2. The maximum absolute atomic E-state index is 13.1. The molecule has 15 nitrogen and oxygen atoms in total. The van der Waals surface area contributed by atoms with Crippen LogP contribution in [0.4, 0.5) is 0 Å². The van der Waals surface area contributed by atoms with Crippen LogP contribution < -0.4 is 0 Å². The summed E-state index contributed by atoms with van der Waals surface area (Å²) in [6.07, 6.45) is 36.6. The van der Waals surface area contributed by atoms with Crippen LogP contribution in [0.2, 0.25) is 0 Å². The van der Waals surface area contributed by atoms with Crippen LogP contribution in [-0.2, 0) is 38.0 Å². The van der Waals surface area contributed by atoms with Gasteiger partial charge in [0.1, 0.15) is 55.4 Å². The highest BCUT2D eigenvalue weighted by Gasteiger charge is 2.47. The fourth-order valence-electron chi connectivity index (χ4n) is 8.79. The van der Waals surface area contributed by atoms with Gasteiger partial charge >= 0.3 is 11.9 Å². The van der Waals surface area contributed by atoms with Crippen LogP contribution in [0.25, 0.3) is 0 Å². The van der Waals surface area contributed by atoms with E-state index in [1.807, 2.05) is 0 Å². The minimum atomic E-state index is -1.77. The Morgan fingerprint density at radius 2 is 0.851 bits per heavy atom. The van der Waals surface area contributed by atoms with Gasteiger partial charge in [0.25, 0.3) is 0 Å². The molecule has 0 aromatic carbocycles. The molecule has 15 heteroatoms. The number of ether oxygens (including phenoxy) is 6. The Balaban J connectivity index is 1.76. The lowest BCUT2D eigenvalue weighted by Gasteiger charge is -2.42. The minimum Gasteiger partial charge on any atom is -0.462 e. The third kappa shape index (κ3) is 32.1. The number of rotatable bonds is 45. The van der Waals surface area contributed by atoms with E-state index >= 15 is 0 Å². The number of aliphatic hydroxyl groups excluding tert-OH is 7. The van der Waals surface area contributed by atoms with Gasteiger partial charge in [-0.3, -0.25) is 9.59 Å². The summed E-state index contributed by atoms with van der Waals surface area (Å²) in [4.78, 5) is 25.9. The van der Waals surface area contributed by atoms with Crippen LogP contribution in [0.5, 0.6) is 0 Å². The second-order valence-corrected chi connectivity index (χ2v) is 20.1. The van der Waals surface area contributed by atoms with Gasteiger partial charge in [0.15, 0.2) is 18.7 Å². The SMILES string of the molecule is CC/C=C\C/C=C\C/C=C\CCCCCCCCCC(=O)OC(COC(=O)CCCCCCCCCCC/C=C\C/C=C\CCCCCCC)COC1OC(COC2OC(CO)C(O)C(O)C2O)C(O)C(O)C1O. The zero-order valence-corrected chi connectivity index (χ0v) is 45.6. The predicted molar refractivity (Wildman–Crippen MR) is 289 cm³/mol. The van der Waals surface area contributed by atoms with Gasteiger partial charge in [-0.25, -0.2) is 0 Å². The predicted octanol–water partition coefficient (Wildman–Crippen LogP) is 9.61. The molecule has 7 N–H and O–H groups in total. The molecule has 428 valence electrons. The van der Waals surface area contributed by atoms with Crippen molar-refractivity contribution in [3.8, 4) is 0 Å². The topological polar surface area (TPSA) is 231 Å². The molecule has 74 heavy (non-hydrogen) atoms. The molecule has 0 aromatic heterocycles. The van der Waals surface area contributed by atoms with Crippen LogP contribution >= 0.6 is 0 Å². The number of allylic oxidation sites excluding steroid dienone is 10. The number of hydrogen-bond acceptors (Lipinski definition) is 15. The summed E-state index contributed by atoms with van der Waals surface area (Å²) in [5, 5.41) is 72.3. The van der Waals surface area contributed by atoms with Gasteiger partial charge in [-0.05, 0) is 77.0 Å². The summed E-state index contributed by atoms with van der Waals surface area (Å²) >= 11 is 0. The van der Waals surface area contributed by atoms with Crippen molar-refractivity contribution < 1.29 is 73.8 Å². The summed E-state index contributed by atoms with van der Waals surface area (Å²) in [5.74, 6) is -0.940. The summed E-state index contributed by atoms with van der Waals surface area (Å²) in [6.45, 7) is 2.47. The van der Waals surface area contributed by atoms with Crippen molar-refractivity contribution in [1.82, 2.24) is 0 Å². The number of unbranched alkanes of at least 4 members (excludes halogenated alkanes) is 21. The molecule has 0 aliphatic carbocycles. The Hall–Kier alpha value is -2.80. The highest BCUT2D eigenvalue weighted by molar-refractivity contribution is 5.70. The van der Waals surface area contributed by atoms with Gasteiger partial charge in [-0.15, -0.1) is 0 Å². The molecular formula is C59H102O15. The van der Waals surface area contributed by atoms with Gasteiger partial charge in [-0.1, -0.05) is 177 Å². The van der Waals surface area contributed by atoms with Gasteiger partial charge in [0.05, 0.1) is 19.8 Å². The number of carbonyl (C=O) groups is 2. The van der Waals surface area contributed by atoms with Gasteiger partial charge in [0, 0.05) is 12.8 Å². The maximum atomic E-state index is 13.1. The molecular weight excluding hydrogens is 949 g/mol. The molecule has 11 atom stereocenters. The largest absolute Gasteiger partial charge is 0.462 e. The first-order chi connectivity index (χ1) is 36.0. The molecule has 2 aliphatic heterocycles. The monoisotopic (exact) mass is 1050 g/mol. The summed E-state index contributed by atoms with van der Waals surface area (Å²) in [6, 6.07) is 0. The van der Waals surface area contributed by atoms with E-state index in [-0.39, 0.29) is 26.1 Å². The van der Waals surface area contributed by atoms with Crippen molar-refractivity contribution in [2.45, 2.75) is 274 Å². The minimum absolute atomic E-state index is 0.151. The van der Waals surface area contributed by atoms with E-state index in [1.54, 1.807) is 0 Å². The number of aliphatic hydroxyl groups is 7. The second kappa shape index (κ2) is 45.2. The zero-order valence-electron chi connectivity index (χ0n) is 45.6. The highest BCUT2D eigenvalue weighted by atomic mass is 16.7. The second-order valence-electron chi connectivity index (χ2n) is 20.1. The van der Waals surface area contributed by atoms with Crippen molar-refractivity contribution >= 4 is 11.9 Å². The van der Waals surface area contributed by atoms with Crippen LogP contribution in [0, 0.1) is 0 Å². The van der Waals surface area contributed by atoms with Gasteiger partial charge < -0.3 is 64.2 Å². The number of hydrogen-bond donors (Lipinski definition) is 7. The molecule has 0 aromatic rings. The van der Waals surface area contributed by atoms with Crippen LogP contribution in [0.1, 0.15) is 206 Å². The van der Waals surface area contributed by atoms with E-state index in [2.05, 4.69) is 74.6 Å². The standard InChI is InChI=1S/C59H102O15/c1-3-5-7-9-11-13-15-17-19-21-22-23-24-26-27-29-31-33-35-37-39-41-50(61)69-44-47(72-51(62)42-40-38-36-34-32-30-28-25-20-18-16-14-12-10-8-6-4-2)45-70-58-57(68)55(66)53(64)49(74-58)46-71-59-56(67)54(65)52(63)48(43-60)73-59/h6,8,12,14-15,17-18,20-22,47-49,52-60,63-68H,3-5,7,9-11,13,16,19,23-46H2,1-2H3/b8-6-,14-12-,17-15-,20-18-,22-21-. The molecule has 2 aliphatic rings. The first kappa shape index (κ1) is 67.3. The molecule has 0 spiro atoms. The van der Waals surface area contributed by atoms with E-state index in [0.29, 0.717) is 12.8 Å². The molecule has 0 amide bonds. The maximum Gasteiger partial charge on any atom is 0.306 e. The van der Waals surface area contributed by atoms with Crippen molar-refractivity contribution in [3.05, 3.63) is 60.8 Å². The Bertz CT molecular complexity index is 1520. The van der Waals surface area contributed by atoms with Gasteiger partial charge in [-0.2, -0.15) is 0 Å². The molecule has 2 fully saturated rings. The van der Waals surface area contributed by atoms with Crippen molar-refractivity contribution in [1.29, 1.82) is 0 Å². The van der Waals surface area contributed by atoms with E-state index in [0.717, 1.165) is 96.3 Å². The van der Waals surface area contributed by atoms with E-state index in [4.69, 9.17) is 28.4 Å². The summed E-state index contributed by atoms with van der Waals surface area (Å²) in [7, 11) is 0. The Morgan fingerprint density at radius 3 is 1.34 bits per heavy atom. The summed E-state index contributed by atoms with van der Waals surface area (Å²) < 4.78 is 33.7. The average molecular weight is 1050 g/mol. The zero-order chi connectivity index (χ0) is 53.9. The molecule has 11 unspecified atom stereocenters.